The molecule has 5 heteroatoms. The third-order valence-electron chi connectivity index (χ3n) is 3.66. The average molecular weight is 292 g/mol. The van der Waals surface area contributed by atoms with Gasteiger partial charge in [-0.3, -0.25) is 4.79 Å². The van der Waals surface area contributed by atoms with Gasteiger partial charge in [-0.15, -0.1) is 12.4 Å². The number of nitrogens with two attached hydrogens (primary N) is 1. The summed E-state index contributed by atoms with van der Waals surface area (Å²) in [7, 11) is 0. The molecule has 0 aromatic carbocycles. The summed E-state index contributed by atoms with van der Waals surface area (Å²) < 4.78 is 0. The van der Waals surface area contributed by atoms with E-state index in [-0.39, 0.29) is 30.3 Å². The summed E-state index contributed by atoms with van der Waals surface area (Å²) in [5.74, 6) is 0.671. The van der Waals surface area contributed by atoms with E-state index < -0.39 is 0 Å². The lowest BCUT2D eigenvalue weighted by atomic mass is 10.0. The number of likely N-dealkylation sites (tertiary alicyclic amines) is 1. The van der Waals surface area contributed by atoms with E-state index in [0.29, 0.717) is 5.92 Å². The van der Waals surface area contributed by atoms with E-state index in [9.17, 15) is 4.79 Å². The van der Waals surface area contributed by atoms with E-state index in [1.54, 1.807) is 0 Å². The van der Waals surface area contributed by atoms with Gasteiger partial charge in [-0.2, -0.15) is 0 Å². The van der Waals surface area contributed by atoms with Crippen LogP contribution in [0.2, 0.25) is 0 Å². The Morgan fingerprint density at radius 1 is 1.21 bits per heavy atom. The van der Waals surface area contributed by atoms with Gasteiger partial charge in [0.25, 0.3) is 0 Å². The highest BCUT2D eigenvalue weighted by molar-refractivity contribution is 5.85. The van der Waals surface area contributed by atoms with E-state index in [0.717, 1.165) is 13.1 Å². The van der Waals surface area contributed by atoms with E-state index in [1.807, 2.05) is 13.8 Å². The van der Waals surface area contributed by atoms with Crippen molar-refractivity contribution in [2.75, 3.05) is 26.2 Å². The maximum atomic E-state index is 11.7. The maximum absolute atomic E-state index is 11.7. The summed E-state index contributed by atoms with van der Waals surface area (Å²) in [6.07, 6.45) is 4.00. The van der Waals surface area contributed by atoms with Crippen LogP contribution in [0.5, 0.6) is 0 Å². The van der Waals surface area contributed by atoms with Gasteiger partial charge in [-0.05, 0) is 37.8 Å². The smallest absolute Gasteiger partial charge is 0.237 e. The minimum atomic E-state index is -0.382. The Labute approximate surface area is 123 Å². The second-order valence-corrected chi connectivity index (χ2v) is 5.98. The molecule has 0 saturated carbocycles. The summed E-state index contributed by atoms with van der Waals surface area (Å²) >= 11 is 0. The molecule has 1 aliphatic heterocycles. The Morgan fingerprint density at radius 2 is 1.79 bits per heavy atom. The number of hydrogen-bond donors (Lipinski definition) is 2. The minimum absolute atomic E-state index is 0. The number of nitrogens with zero attached hydrogens (tertiary/aromatic N) is 1. The van der Waals surface area contributed by atoms with Gasteiger partial charge in [-0.25, -0.2) is 0 Å². The predicted octanol–water partition coefficient (Wildman–Crippen LogP) is 1.63. The van der Waals surface area contributed by atoms with Crippen LogP contribution in [0.15, 0.2) is 0 Å². The maximum Gasteiger partial charge on any atom is 0.237 e. The molecular formula is C14H30ClN3O. The molecule has 0 aromatic rings. The molecule has 1 unspecified atom stereocenters. The van der Waals surface area contributed by atoms with E-state index >= 15 is 0 Å². The fraction of sp³-hybridized carbons (Fsp3) is 0.929. The number of nitrogens with one attached hydrogen (secondary N) is 1. The van der Waals surface area contributed by atoms with E-state index in [1.165, 1.54) is 32.4 Å². The summed E-state index contributed by atoms with van der Waals surface area (Å²) in [5.41, 5.74) is 5.81. The zero-order valence-electron chi connectivity index (χ0n) is 12.5. The van der Waals surface area contributed by atoms with Gasteiger partial charge in [0.1, 0.15) is 0 Å². The third kappa shape index (κ3) is 7.14. The number of carbonyl (C=O) groups excluding carboxylic acids is 1. The molecule has 1 heterocycles. The molecular weight excluding hydrogens is 262 g/mol. The van der Waals surface area contributed by atoms with Crippen LogP contribution in [0.3, 0.4) is 0 Å². The highest BCUT2D eigenvalue weighted by atomic mass is 35.5. The van der Waals surface area contributed by atoms with Gasteiger partial charge in [-0.1, -0.05) is 27.2 Å². The van der Waals surface area contributed by atoms with Crippen molar-refractivity contribution < 1.29 is 4.79 Å². The first-order valence-electron chi connectivity index (χ1n) is 7.26. The van der Waals surface area contributed by atoms with Gasteiger partial charge in [0.2, 0.25) is 5.91 Å². The Morgan fingerprint density at radius 3 is 2.32 bits per heavy atom. The molecule has 1 amide bonds. The quantitative estimate of drug-likeness (QED) is 0.782. The molecule has 1 fully saturated rings. The molecule has 0 bridgehead atoms. The van der Waals surface area contributed by atoms with Gasteiger partial charge in [0, 0.05) is 13.1 Å². The fourth-order valence-corrected chi connectivity index (χ4v) is 2.34. The van der Waals surface area contributed by atoms with Crippen molar-refractivity contribution >= 4 is 18.3 Å². The van der Waals surface area contributed by atoms with E-state index in [4.69, 9.17) is 5.73 Å². The lowest BCUT2D eigenvalue weighted by Crippen LogP contribution is -2.46. The van der Waals surface area contributed by atoms with Crippen LogP contribution in [0, 0.1) is 11.8 Å². The van der Waals surface area contributed by atoms with E-state index in [2.05, 4.69) is 17.1 Å². The van der Waals surface area contributed by atoms with Crippen molar-refractivity contribution in [2.45, 2.75) is 46.1 Å². The molecule has 4 nitrogen and oxygen atoms in total. The number of piperidine rings is 1. The normalized spacial score (nSPS) is 19.6. The molecule has 1 rings (SSSR count). The van der Waals surface area contributed by atoms with Gasteiger partial charge < -0.3 is 16.0 Å². The first-order valence-corrected chi connectivity index (χ1v) is 7.26. The van der Waals surface area contributed by atoms with Crippen LogP contribution >= 0.6 is 12.4 Å². The van der Waals surface area contributed by atoms with Crippen LogP contribution in [-0.4, -0.2) is 43.0 Å². The molecule has 0 spiro atoms. The predicted molar refractivity (Wildman–Crippen MR) is 82.5 cm³/mol. The molecule has 1 aliphatic rings. The lowest BCUT2D eigenvalue weighted by Gasteiger charge is -2.29. The number of amides is 1. The number of hydrogen-bond acceptors (Lipinski definition) is 3. The molecule has 0 radical (unpaired) electrons. The average Bonchev–Trinajstić information content (AvgIpc) is 2.36. The largest absolute Gasteiger partial charge is 0.354 e. The molecule has 3 N–H and O–H groups in total. The monoisotopic (exact) mass is 291 g/mol. The van der Waals surface area contributed by atoms with Gasteiger partial charge >= 0.3 is 0 Å². The Kier molecular flexibility index (Phi) is 9.40. The standard InChI is InChI=1S/C14H29N3O.ClH/c1-11(2)13(15)14(18)16-9-12(3)10-17-7-5-4-6-8-17;/h11-13H,4-10,15H2,1-3H3,(H,16,18);1H/t12?,13-;/m0./s1. The fourth-order valence-electron chi connectivity index (χ4n) is 2.34. The summed E-state index contributed by atoms with van der Waals surface area (Å²) in [6, 6.07) is -0.382. The molecule has 0 aliphatic carbocycles. The van der Waals surface area contributed by atoms with Crippen molar-refractivity contribution in [1.29, 1.82) is 0 Å². The van der Waals surface area contributed by atoms with Crippen LogP contribution in [0.1, 0.15) is 40.0 Å². The molecule has 19 heavy (non-hydrogen) atoms. The second-order valence-electron chi connectivity index (χ2n) is 5.98. The van der Waals surface area contributed by atoms with Gasteiger partial charge in [0.15, 0.2) is 0 Å². The molecule has 114 valence electrons. The summed E-state index contributed by atoms with van der Waals surface area (Å²) in [5, 5.41) is 2.96. The zero-order valence-corrected chi connectivity index (χ0v) is 13.3. The Hall–Kier alpha value is -0.320. The summed E-state index contributed by atoms with van der Waals surface area (Å²) in [4.78, 5) is 14.2. The van der Waals surface area contributed by atoms with Crippen LogP contribution in [0.25, 0.3) is 0 Å². The van der Waals surface area contributed by atoms with Crippen LogP contribution < -0.4 is 11.1 Å². The van der Waals surface area contributed by atoms with Crippen molar-refractivity contribution in [2.24, 2.45) is 17.6 Å². The highest BCUT2D eigenvalue weighted by Gasteiger charge is 2.18. The van der Waals surface area contributed by atoms with Crippen molar-refractivity contribution in [1.82, 2.24) is 10.2 Å². The van der Waals surface area contributed by atoms with Crippen molar-refractivity contribution in [3.8, 4) is 0 Å². The summed E-state index contributed by atoms with van der Waals surface area (Å²) in [6.45, 7) is 10.4. The Balaban J connectivity index is 0.00000324. The second kappa shape index (κ2) is 9.56. The van der Waals surface area contributed by atoms with Crippen LogP contribution in [-0.2, 0) is 4.79 Å². The first kappa shape index (κ1) is 18.7. The molecule has 0 aromatic heterocycles. The van der Waals surface area contributed by atoms with Crippen molar-refractivity contribution in [3.05, 3.63) is 0 Å². The van der Waals surface area contributed by atoms with Gasteiger partial charge in [0.05, 0.1) is 6.04 Å². The number of rotatable bonds is 6. The highest BCUT2D eigenvalue weighted by Crippen LogP contribution is 2.10. The number of halogens is 1. The first-order chi connectivity index (χ1) is 8.50. The Bertz CT molecular complexity index is 255. The van der Waals surface area contributed by atoms with Crippen molar-refractivity contribution in [3.63, 3.8) is 0 Å². The number of carbonyl (C=O) groups is 1. The topological polar surface area (TPSA) is 58.4 Å². The third-order valence-corrected chi connectivity index (χ3v) is 3.66. The molecule has 1 saturated heterocycles. The zero-order chi connectivity index (χ0) is 13.5. The molecule has 2 atom stereocenters. The minimum Gasteiger partial charge on any atom is -0.354 e. The lowest BCUT2D eigenvalue weighted by molar-refractivity contribution is -0.123. The SMILES string of the molecule is CC(CNC(=O)[C@@H](N)C(C)C)CN1CCCCC1.Cl. The van der Waals surface area contributed by atoms with Crippen LogP contribution in [0.4, 0.5) is 0 Å².